The molecule has 0 aliphatic carbocycles. The number of carbonyl (C=O) groups is 1. The van der Waals surface area contributed by atoms with Crippen molar-refractivity contribution in [1.82, 2.24) is 0 Å². The average molecular weight is 224 g/mol. The van der Waals surface area contributed by atoms with Gasteiger partial charge in [0, 0.05) is 11.3 Å². The fourth-order valence-corrected chi connectivity index (χ4v) is 1.86. The number of hydrogen-bond donors (Lipinski definition) is 2. The van der Waals surface area contributed by atoms with Gasteiger partial charge in [-0.15, -0.1) is 11.8 Å². The summed E-state index contributed by atoms with van der Waals surface area (Å²) in [5.41, 5.74) is 0.459. The molecule has 3 nitrogen and oxygen atoms in total. The highest BCUT2D eigenvalue weighted by atomic mass is 32.2. The quantitative estimate of drug-likeness (QED) is 0.562. The highest BCUT2D eigenvalue weighted by molar-refractivity contribution is 8.00. The molecule has 1 aromatic carbocycles. The summed E-state index contributed by atoms with van der Waals surface area (Å²) in [4.78, 5) is 12.0. The van der Waals surface area contributed by atoms with Crippen LogP contribution in [-0.4, -0.2) is 28.7 Å². The number of ketones is 1. The van der Waals surface area contributed by atoms with Gasteiger partial charge in [0.2, 0.25) is 0 Å². The second-order valence-corrected chi connectivity index (χ2v) is 4.17. The molecule has 0 spiro atoms. The topological polar surface area (TPSA) is 57.5 Å². The second-order valence-electron chi connectivity index (χ2n) is 3.12. The summed E-state index contributed by atoms with van der Waals surface area (Å²) >= 11 is 1.46. The lowest BCUT2D eigenvalue weighted by atomic mass is 9.81. The Morgan fingerprint density at radius 2 is 1.93 bits per heavy atom. The van der Waals surface area contributed by atoms with Crippen LogP contribution in [0, 0.1) is 0 Å². The standard InChI is InChI=1S/C10H13BO3S/c1-2-9(12)7-15-10-5-3-8(4-6-10)11(13)14/h3-6,13-14H,2,7H2,1H3. The maximum absolute atomic E-state index is 11.1. The van der Waals surface area contributed by atoms with Crippen molar-refractivity contribution in [3.8, 4) is 0 Å². The Hall–Kier alpha value is -0.775. The average Bonchev–Trinajstić information content (AvgIpc) is 2.26. The molecule has 0 unspecified atom stereocenters. The molecule has 1 rings (SSSR count). The van der Waals surface area contributed by atoms with Crippen LogP contribution in [0.25, 0.3) is 0 Å². The Kier molecular flexibility index (Phi) is 4.88. The Balaban J connectivity index is 2.53. The normalized spacial score (nSPS) is 10.1. The van der Waals surface area contributed by atoms with Crippen LogP contribution < -0.4 is 5.46 Å². The van der Waals surface area contributed by atoms with Gasteiger partial charge in [-0.1, -0.05) is 19.1 Å². The molecule has 0 saturated carbocycles. The highest BCUT2D eigenvalue weighted by Gasteiger charge is 2.09. The molecule has 0 radical (unpaired) electrons. The molecule has 0 heterocycles. The molecular formula is C10H13BO3S. The van der Waals surface area contributed by atoms with Gasteiger partial charge in [0.05, 0.1) is 5.75 Å². The third-order valence-electron chi connectivity index (χ3n) is 1.97. The smallest absolute Gasteiger partial charge is 0.423 e. The van der Waals surface area contributed by atoms with Gasteiger partial charge in [-0.2, -0.15) is 0 Å². The van der Waals surface area contributed by atoms with Gasteiger partial charge >= 0.3 is 7.12 Å². The van der Waals surface area contributed by atoms with E-state index in [4.69, 9.17) is 10.0 Å². The molecular weight excluding hydrogens is 211 g/mol. The van der Waals surface area contributed by atoms with E-state index in [0.717, 1.165) is 4.90 Å². The van der Waals surface area contributed by atoms with Gasteiger partial charge in [0.1, 0.15) is 5.78 Å². The molecule has 0 saturated heterocycles. The van der Waals surface area contributed by atoms with E-state index in [1.807, 2.05) is 6.92 Å². The summed E-state index contributed by atoms with van der Waals surface area (Å²) in [6.07, 6.45) is 0.556. The minimum absolute atomic E-state index is 0.214. The monoisotopic (exact) mass is 224 g/mol. The second kappa shape index (κ2) is 5.95. The van der Waals surface area contributed by atoms with Gasteiger partial charge in [0.25, 0.3) is 0 Å². The predicted octanol–water partition coefficient (Wildman–Crippen LogP) is 0.438. The van der Waals surface area contributed by atoms with Crippen molar-refractivity contribution < 1.29 is 14.8 Å². The van der Waals surface area contributed by atoms with Crippen molar-refractivity contribution >= 4 is 30.1 Å². The fraction of sp³-hybridized carbons (Fsp3) is 0.300. The fourth-order valence-electron chi connectivity index (χ4n) is 1.00. The first-order chi connectivity index (χ1) is 7.13. The van der Waals surface area contributed by atoms with E-state index in [0.29, 0.717) is 17.6 Å². The number of rotatable bonds is 5. The molecule has 1 aromatic rings. The van der Waals surface area contributed by atoms with Gasteiger partial charge in [-0.05, 0) is 17.6 Å². The summed E-state index contributed by atoms with van der Waals surface area (Å²) in [7, 11) is -1.43. The van der Waals surface area contributed by atoms with Crippen LogP contribution >= 0.6 is 11.8 Å². The number of Topliss-reactive ketones (excluding diaryl/α,β-unsaturated/α-hetero) is 1. The van der Waals surface area contributed by atoms with Crippen LogP contribution in [0.2, 0.25) is 0 Å². The van der Waals surface area contributed by atoms with Crippen LogP contribution in [0.15, 0.2) is 29.2 Å². The summed E-state index contributed by atoms with van der Waals surface area (Å²) in [6, 6.07) is 6.84. The Labute approximate surface area is 93.7 Å². The SMILES string of the molecule is CCC(=O)CSc1ccc(B(O)O)cc1. The first-order valence-corrected chi connectivity index (χ1v) is 5.72. The predicted molar refractivity (Wildman–Crippen MR) is 62.3 cm³/mol. The molecule has 0 amide bonds. The molecule has 0 aromatic heterocycles. The molecule has 80 valence electrons. The van der Waals surface area contributed by atoms with E-state index in [2.05, 4.69) is 0 Å². The molecule has 5 heteroatoms. The van der Waals surface area contributed by atoms with Gasteiger partial charge in [-0.3, -0.25) is 4.79 Å². The summed E-state index contributed by atoms with van der Waals surface area (Å²) in [5, 5.41) is 17.7. The number of thioether (sulfide) groups is 1. The van der Waals surface area contributed by atoms with Crippen molar-refractivity contribution in [3.05, 3.63) is 24.3 Å². The zero-order valence-electron chi connectivity index (χ0n) is 8.51. The number of benzene rings is 1. The maximum Gasteiger partial charge on any atom is 0.488 e. The first-order valence-electron chi connectivity index (χ1n) is 4.74. The largest absolute Gasteiger partial charge is 0.488 e. The van der Waals surface area contributed by atoms with Gasteiger partial charge < -0.3 is 10.0 Å². The van der Waals surface area contributed by atoms with E-state index < -0.39 is 7.12 Å². The molecule has 0 aliphatic rings. The van der Waals surface area contributed by atoms with E-state index in [9.17, 15) is 4.79 Å². The Morgan fingerprint density at radius 1 is 1.33 bits per heavy atom. The van der Waals surface area contributed by atoms with E-state index in [-0.39, 0.29) is 5.78 Å². The molecule has 0 atom stereocenters. The third-order valence-corrected chi connectivity index (χ3v) is 3.04. The lowest BCUT2D eigenvalue weighted by Crippen LogP contribution is -2.29. The summed E-state index contributed by atoms with van der Waals surface area (Å²) < 4.78 is 0. The van der Waals surface area contributed by atoms with Crippen molar-refractivity contribution in [2.24, 2.45) is 0 Å². The maximum atomic E-state index is 11.1. The van der Waals surface area contributed by atoms with E-state index >= 15 is 0 Å². The zero-order valence-corrected chi connectivity index (χ0v) is 9.33. The molecule has 15 heavy (non-hydrogen) atoms. The number of hydrogen-bond acceptors (Lipinski definition) is 4. The highest BCUT2D eigenvalue weighted by Crippen LogP contribution is 2.16. The van der Waals surface area contributed by atoms with Crippen molar-refractivity contribution in [1.29, 1.82) is 0 Å². The lowest BCUT2D eigenvalue weighted by Gasteiger charge is -2.02. The van der Waals surface area contributed by atoms with Crippen molar-refractivity contribution in [2.45, 2.75) is 18.2 Å². The van der Waals surface area contributed by atoms with E-state index in [1.165, 1.54) is 11.8 Å². The lowest BCUT2D eigenvalue weighted by molar-refractivity contribution is -0.116. The van der Waals surface area contributed by atoms with Gasteiger partial charge in [0.15, 0.2) is 0 Å². The van der Waals surface area contributed by atoms with Crippen LogP contribution in [0.3, 0.4) is 0 Å². The summed E-state index contributed by atoms with van der Waals surface area (Å²) in [5.74, 6) is 0.684. The minimum Gasteiger partial charge on any atom is -0.423 e. The van der Waals surface area contributed by atoms with Crippen LogP contribution in [0.4, 0.5) is 0 Å². The van der Waals surface area contributed by atoms with Crippen LogP contribution in [0.5, 0.6) is 0 Å². The van der Waals surface area contributed by atoms with E-state index in [1.54, 1.807) is 24.3 Å². The first kappa shape index (κ1) is 12.3. The third kappa shape index (κ3) is 4.07. The molecule has 0 bridgehead atoms. The number of carbonyl (C=O) groups excluding carboxylic acids is 1. The summed E-state index contributed by atoms with van der Waals surface area (Å²) in [6.45, 7) is 1.84. The molecule has 0 aliphatic heterocycles. The Morgan fingerprint density at radius 3 is 2.40 bits per heavy atom. The van der Waals surface area contributed by atoms with Crippen LogP contribution in [0.1, 0.15) is 13.3 Å². The van der Waals surface area contributed by atoms with Crippen LogP contribution in [-0.2, 0) is 4.79 Å². The zero-order chi connectivity index (χ0) is 11.3. The molecule has 2 N–H and O–H groups in total. The molecule has 0 fully saturated rings. The van der Waals surface area contributed by atoms with Crippen molar-refractivity contribution in [2.75, 3.05) is 5.75 Å². The minimum atomic E-state index is -1.43. The van der Waals surface area contributed by atoms with Gasteiger partial charge in [-0.25, -0.2) is 0 Å². The Bertz CT molecular complexity index is 324. The van der Waals surface area contributed by atoms with Crippen molar-refractivity contribution in [3.63, 3.8) is 0 Å².